The number of hydrogen-bond acceptors (Lipinski definition) is 14. The maximum Gasteiger partial charge on any atom is 0.327 e. The summed E-state index contributed by atoms with van der Waals surface area (Å²) < 4.78 is 0. The molecule has 386 valence electrons. The Hall–Kier alpha value is -7.81. The normalized spacial score (nSPS) is 17.1. The smallest absolute Gasteiger partial charge is 0.327 e. The van der Waals surface area contributed by atoms with Gasteiger partial charge >= 0.3 is 35.9 Å². The lowest BCUT2D eigenvalue weighted by molar-refractivity contribution is -0.143. The Kier molecular flexibility index (Phi) is 22.7. The van der Waals surface area contributed by atoms with Crippen LogP contribution in [0.1, 0.15) is 68.4 Å². The van der Waals surface area contributed by atoms with Crippen LogP contribution in [0, 0.1) is 0 Å². The van der Waals surface area contributed by atoms with Gasteiger partial charge in [0.1, 0.15) is 41.8 Å². The second-order valence-corrected chi connectivity index (χ2v) is 16.7. The Morgan fingerprint density at radius 2 is 1.17 bits per heavy atom. The summed E-state index contributed by atoms with van der Waals surface area (Å²) in [7, 11) is 0. The molecule has 1 aliphatic rings. The Balaban J connectivity index is 1.65. The molecule has 0 aliphatic heterocycles. The second-order valence-electron chi connectivity index (χ2n) is 16.3. The first-order chi connectivity index (χ1) is 33.6. The number of aliphatic carboxylic acids is 5. The first-order valence-electron chi connectivity index (χ1n) is 22.0. The number of nitrogens with two attached hydrogens (primary N) is 1. The fourth-order valence-corrected chi connectivity index (χ4v) is 7.23. The summed E-state index contributed by atoms with van der Waals surface area (Å²) in [6, 6.07) is 6.61. The number of thiol groups is 1. The van der Waals surface area contributed by atoms with Crippen LogP contribution >= 0.6 is 12.6 Å². The van der Waals surface area contributed by atoms with Gasteiger partial charge in [0.15, 0.2) is 0 Å². The van der Waals surface area contributed by atoms with Gasteiger partial charge in [0, 0.05) is 50.4 Å². The van der Waals surface area contributed by atoms with Gasteiger partial charge in [-0.05, 0) is 36.8 Å². The van der Waals surface area contributed by atoms with Crippen LogP contribution in [-0.2, 0) is 59.2 Å². The zero-order chi connectivity index (χ0) is 52.8. The summed E-state index contributed by atoms with van der Waals surface area (Å²) >= 11 is 3.84. The predicted molar refractivity (Wildman–Crippen MR) is 248 cm³/mol. The van der Waals surface area contributed by atoms with E-state index in [4.69, 9.17) is 10.8 Å². The van der Waals surface area contributed by atoms with Gasteiger partial charge in [-0.25, -0.2) is 19.2 Å². The van der Waals surface area contributed by atoms with Crippen LogP contribution in [0.15, 0.2) is 60.7 Å². The van der Waals surface area contributed by atoms with Crippen LogP contribution < -0.4 is 48.3 Å². The SMILES string of the molecule is N[C@@H](CNC(=O)[C@H](Cc1ccccc1)NC(=O)C1(NC(=O)CCCNC(=O)CC[C@H](NC(=O)N[C@@H](CCC(=O)O)C(=O)O)C(=O)O)C[C@H]1c1ccccc1)C(=O)N[C@@H](CC(=O)O)C(=O)N[C@@H](CS)C(=O)O. The van der Waals surface area contributed by atoms with E-state index >= 15 is 0 Å². The van der Waals surface area contributed by atoms with Crippen LogP contribution in [0.2, 0.25) is 0 Å². The van der Waals surface area contributed by atoms with Crippen LogP contribution in [0.5, 0.6) is 0 Å². The van der Waals surface area contributed by atoms with Crippen molar-refractivity contribution in [1.82, 2.24) is 42.5 Å². The average molecular weight is 1020 g/mol. The summed E-state index contributed by atoms with van der Waals surface area (Å²) in [5, 5.41) is 64.9. The average Bonchev–Trinajstić information content (AvgIpc) is 4.05. The van der Waals surface area contributed by atoms with Gasteiger partial charge < -0.3 is 73.8 Å². The third-order valence-electron chi connectivity index (χ3n) is 10.9. The van der Waals surface area contributed by atoms with E-state index in [1.165, 1.54) is 0 Å². The van der Waals surface area contributed by atoms with Crippen molar-refractivity contribution in [2.45, 2.75) is 105 Å². The molecule has 2 aromatic carbocycles. The number of carboxylic acid groups (broad SMARTS) is 5. The molecule has 3 rings (SSSR count). The highest BCUT2D eigenvalue weighted by atomic mass is 32.1. The van der Waals surface area contributed by atoms with Gasteiger partial charge in [-0.1, -0.05) is 60.7 Å². The van der Waals surface area contributed by atoms with Crippen molar-refractivity contribution in [2.24, 2.45) is 5.73 Å². The lowest BCUT2D eigenvalue weighted by Crippen LogP contribution is -2.59. The number of urea groups is 1. The fourth-order valence-electron chi connectivity index (χ4n) is 6.98. The molecule has 0 saturated heterocycles. The van der Waals surface area contributed by atoms with Crippen molar-refractivity contribution >= 4 is 83.9 Å². The van der Waals surface area contributed by atoms with Gasteiger partial charge in [-0.15, -0.1) is 0 Å². The molecule has 26 nitrogen and oxygen atoms in total. The summed E-state index contributed by atoms with van der Waals surface area (Å²) in [6.07, 6.45) is -2.94. The van der Waals surface area contributed by atoms with Gasteiger partial charge in [0.25, 0.3) is 0 Å². The van der Waals surface area contributed by atoms with Crippen molar-refractivity contribution in [1.29, 1.82) is 0 Å². The van der Waals surface area contributed by atoms with E-state index < -0.39 is 158 Å². The van der Waals surface area contributed by atoms with Crippen molar-refractivity contribution < 1.29 is 83.1 Å². The summed E-state index contributed by atoms with van der Waals surface area (Å²) in [5.74, 6) is -13.3. The summed E-state index contributed by atoms with van der Waals surface area (Å²) in [4.78, 5) is 149. The predicted octanol–water partition coefficient (Wildman–Crippen LogP) is -2.59. The Morgan fingerprint density at radius 1 is 0.606 bits per heavy atom. The molecule has 0 bridgehead atoms. The second kappa shape index (κ2) is 28.0. The van der Waals surface area contributed by atoms with E-state index in [0.717, 1.165) is 0 Å². The maximum atomic E-state index is 14.3. The molecule has 27 heteroatoms. The monoisotopic (exact) mass is 1020 g/mol. The maximum absolute atomic E-state index is 14.3. The number of hydrogen-bond donors (Lipinski definition) is 15. The molecule has 1 aliphatic carbocycles. The molecule has 0 spiro atoms. The number of carboxylic acids is 5. The molecule has 15 N–H and O–H groups in total. The molecular formula is C44H57N9O17S. The first-order valence-corrected chi connectivity index (χ1v) is 22.6. The molecule has 0 radical (unpaired) electrons. The third-order valence-corrected chi connectivity index (χ3v) is 11.3. The van der Waals surface area contributed by atoms with E-state index in [1.807, 2.05) is 10.6 Å². The molecule has 8 atom stereocenters. The van der Waals surface area contributed by atoms with E-state index in [2.05, 4.69) is 44.5 Å². The number of amides is 8. The molecule has 71 heavy (non-hydrogen) atoms. The minimum Gasteiger partial charge on any atom is -0.481 e. The largest absolute Gasteiger partial charge is 0.481 e. The molecule has 1 unspecified atom stereocenters. The number of nitrogens with one attached hydrogen (secondary N) is 8. The number of carbonyl (C=O) groups excluding carboxylic acids is 7. The summed E-state index contributed by atoms with van der Waals surface area (Å²) in [5.41, 5.74) is 5.76. The van der Waals surface area contributed by atoms with E-state index in [0.29, 0.717) is 11.1 Å². The minimum absolute atomic E-state index is 0.0499. The standard InChI is InChI=1S/C44H57N9O17S/c45-26(36(60)48-30(19-35(58)59)38(62)49-31(22-71)41(67)68)21-47-37(61)29(18-23-8-3-1-4-9-23)50-42(69)44(20-25(44)24-10-5-2-6-11-24)53-33(55)12-7-17-46-32(54)15-13-27(39(63)64)51-43(70)52-28(40(65)66)14-16-34(56)57/h1-6,8-11,25-31,71H,7,12-22,45H2,(H,46,54)(H,47,61)(H,48,60)(H,49,62)(H,50,69)(H,53,55)(H,56,57)(H,58,59)(H,63,64)(H,65,66)(H,67,68)(H2,51,52,70)/t25-,26-,27-,28-,29-,30-,31-,44?/m0/s1. The molecule has 0 aromatic heterocycles. The van der Waals surface area contributed by atoms with Gasteiger partial charge in [-0.2, -0.15) is 12.6 Å². The summed E-state index contributed by atoms with van der Waals surface area (Å²) in [6.45, 7) is -0.648. The Morgan fingerprint density at radius 3 is 1.72 bits per heavy atom. The van der Waals surface area contributed by atoms with Crippen LogP contribution in [0.4, 0.5) is 4.79 Å². The molecule has 8 amide bonds. The topological polar surface area (TPSA) is 428 Å². The van der Waals surface area contributed by atoms with Gasteiger partial charge in [0.2, 0.25) is 35.4 Å². The van der Waals surface area contributed by atoms with Gasteiger partial charge in [0.05, 0.1) is 6.42 Å². The molecule has 1 saturated carbocycles. The zero-order valence-electron chi connectivity index (χ0n) is 38.0. The molecular weight excluding hydrogens is 959 g/mol. The van der Waals surface area contributed by atoms with E-state index in [1.54, 1.807) is 60.7 Å². The highest BCUT2D eigenvalue weighted by molar-refractivity contribution is 7.80. The number of carbonyl (C=O) groups is 12. The highest BCUT2D eigenvalue weighted by Crippen LogP contribution is 2.51. The van der Waals surface area contributed by atoms with Crippen LogP contribution in [0.3, 0.4) is 0 Å². The van der Waals surface area contributed by atoms with Crippen molar-refractivity contribution in [2.75, 3.05) is 18.8 Å². The minimum atomic E-state index is -1.76. The van der Waals surface area contributed by atoms with Crippen LogP contribution in [0.25, 0.3) is 0 Å². The third kappa shape index (κ3) is 19.2. The quantitative estimate of drug-likeness (QED) is 0.0272. The van der Waals surface area contributed by atoms with Crippen molar-refractivity contribution in [3.63, 3.8) is 0 Å². The first kappa shape index (κ1) is 57.5. The van der Waals surface area contributed by atoms with E-state index in [-0.39, 0.29) is 38.0 Å². The van der Waals surface area contributed by atoms with Gasteiger partial charge in [-0.3, -0.25) is 38.4 Å². The fraction of sp³-hybridized carbons (Fsp3) is 0.455. The van der Waals surface area contributed by atoms with E-state index in [9.17, 15) is 78.0 Å². The zero-order valence-corrected chi connectivity index (χ0v) is 38.9. The Labute approximate surface area is 410 Å². The lowest BCUT2D eigenvalue weighted by Gasteiger charge is -2.25. The molecule has 0 heterocycles. The molecule has 1 fully saturated rings. The number of benzene rings is 2. The van der Waals surface area contributed by atoms with Crippen LogP contribution in [-0.4, -0.2) is 157 Å². The van der Waals surface area contributed by atoms with Crippen molar-refractivity contribution in [3.05, 3.63) is 71.8 Å². The highest BCUT2D eigenvalue weighted by Gasteiger charge is 2.62. The lowest BCUT2D eigenvalue weighted by atomic mass is 10.0. The Bertz CT molecular complexity index is 2270. The number of rotatable bonds is 31. The van der Waals surface area contributed by atoms with Crippen molar-refractivity contribution in [3.8, 4) is 0 Å². The molecule has 2 aromatic rings.